The Labute approximate surface area is 181 Å². The van der Waals surface area contributed by atoms with Crippen LogP contribution in [0.5, 0.6) is 11.5 Å². The van der Waals surface area contributed by atoms with Crippen LogP contribution in [0.3, 0.4) is 0 Å². The van der Waals surface area contributed by atoms with Gasteiger partial charge in [0.2, 0.25) is 0 Å². The molecule has 1 heterocycles. The third-order valence-electron chi connectivity index (χ3n) is 5.70. The molecule has 0 spiro atoms. The fourth-order valence-corrected chi connectivity index (χ4v) is 3.81. The van der Waals surface area contributed by atoms with Gasteiger partial charge in [0.25, 0.3) is 11.8 Å². The normalized spacial score (nSPS) is 18.4. The van der Waals surface area contributed by atoms with E-state index < -0.39 is 5.82 Å². The summed E-state index contributed by atoms with van der Waals surface area (Å²) in [6.07, 6.45) is 3.90. The van der Waals surface area contributed by atoms with Crippen molar-refractivity contribution in [1.29, 1.82) is 0 Å². The number of amides is 2. The molecule has 4 rings (SSSR count). The molecule has 0 radical (unpaired) electrons. The number of ether oxygens (including phenoxy) is 2. The van der Waals surface area contributed by atoms with Gasteiger partial charge in [-0.1, -0.05) is 6.07 Å². The zero-order valence-electron chi connectivity index (χ0n) is 17.6. The van der Waals surface area contributed by atoms with E-state index in [0.29, 0.717) is 42.6 Å². The number of likely N-dealkylation sites (tertiary alicyclic amines) is 1. The number of methoxy groups -OCH3 is 1. The first-order valence-corrected chi connectivity index (χ1v) is 10.7. The summed E-state index contributed by atoms with van der Waals surface area (Å²) in [5, 5.41) is 2.97. The second kappa shape index (κ2) is 9.37. The number of carbonyl (C=O) groups is 2. The molecular formula is C24H27FN2O4. The van der Waals surface area contributed by atoms with Gasteiger partial charge < -0.3 is 19.7 Å². The fourth-order valence-electron chi connectivity index (χ4n) is 3.81. The summed E-state index contributed by atoms with van der Waals surface area (Å²) in [6, 6.07) is 11.8. The lowest BCUT2D eigenvalue weighted by atomic mass is 9.98. The number of piperidine rings is 1. The third kappa shape index (κ3) is 5.34. The van der Waals surface area contributed by atoms with Crippen molar-refractivity contribution in [2.75, 3.05) is 26.8 Å². The van der Waals surface area contributed by atoms with Crippen molar-refractivity contribution in [1.82, 2.24) is 10.2 Å². The van der Waals surface area contributed by atoms with Crippen LogP contribution in [-0.4, -0.2) is 49.6 Å². The van der Waals surface area contributed by atoms with Gasteiger partial charge in [-0.3, -0.25) is 9.59 Å². The molecule has 7 heteroatoms. The molecule has 0 aromatic heterocycles. The highest BCUT2D eigenvalue weighted by Gasteiger charge is 2.26. The first-order chi connectivity index (χ1) is 15.0. The molecule has 2 aliphatic rings. The maximum Gasteiger partial charge on any atom is 0.253 e. The number of benzene rings is 2. The number of hydrogen-bond donors (Lipinski definition) is 1. The fraction of sp³-hybridized carbons (Fsp3) is 0.417. The molecule has 1 atom stereocenters. The van der Waals surface area contributed by atoms with Crippen LogP contribution in [0.25, 0.3) is 0 Å². The van der Waals surface area contributed by atoms with Crippen LogP contribution in [0.2, 0.25) is 0 Å². The van der Waals surface area contributed by atoms with Crippen LogP contribution in [0.15, 0.2) is 42.5 Å². The highest BCUT2D eigenvalue weighted by molar-refractivity contribution is 5.95. The Morgan fingerprint density at radius 3 is 2.71 bits per heavy atom. The van der Waals surface area contributed by atoms with Crippen molar-refractivity contribution in [3.8, 4) is 11.5 Å². The van der Waals surface area contributed by atoms with Crippen LogP contribution >= 0.6 is 0 Å². The van der Waals surface area contributed by atoms with Crippen LogP contribution in [-0.2, 0) is 0 Å². The predicted octanol–water partition coefficient (Wildman–Crippen LogP) is 3.66. The van der Waals surface area contributed by atoms with Crippen molar-refractivity contribution in [3.05, 3.63) is 59.4 Å². The molecule has 0 unspecified atom stereocenters. The quantitative estimate of drug-likeness (QED) is 0.734. The molecular weight excluding hydrogens is 399 g/mol. The Bertz CT molecular complexity index is 960. The zero-order chi connectivity index (χ0) is 21.8. The van der Waals surface area contributed by atoms with E-state index >= 15 is 0 Å². The third-order valence-corrected chi connectivity index (χ3v) is 5.70. The van der Waals surface area contributed by atoms with Gasteiger partial charge in [0, 0.05) is 36.2 Å². The molecule has 2 fully saturated rings. The summed E-state index contributed by atoms with van der Waals surface area (Å²) in [5.41, 5.74) is 0.903. The van der Waals surface area contributed by atoms with Crippen molar-refractivity contribution in [2.45, 2.75) is 31.7 Å². The predicted molar refractivity (Wildman–Crippen MR) is 114 cm³/mol. The molecule has 31 heavy (non-hydrogen) atoms. The Morgan fingerprint density at radius 1 is 1.13 bits per heavy atom. The zero-order valence-corrected chi connectivity index (χ0v) is 17.6. The summed E-state index contributed by atoms with van der Waals surface area (Å²) in [6.45, 7) is 1.64. The summed E-state index contributed by atoms with van der Waals surface area (Å²) < 4.78 is 24.8. The highest BCUT2D eigenvalue weighted by atomic mass is 19.1. The number of rotatable bonds is 7. The lowest BCUT2D eigenvalue weighted by Gasteiger charge is -2.32. The van der Waals surface area contributed by atoms with Crippen LogP contribution in [0.4, 0.5) is 4.39 Å². The maximum absolute atomic E-state index is 14.0. The molecule has 1 aliphatic carbocycles. The van der Waals surface area contributed by atoms with E-state index in [2.05, 4.69) is 5.32 Å². The lowest BCUT2D eigenvalue weighted by Crippen LogP contribution is -2.41. The molecule has 2 amide bonds. The van der Waals surface area contributed by atoms with Crippen LogP contribution in [0, 0.1) is 11.7 Å². The van der Waals surface area contributed by atoms with E-state index in [1.165, 1.54) is 19.2 Å². The highest BCUT2D eigenvalue weighted by Crippen LogP contribution is 2.24. The maximum atomic E-state index is 14.0. The number of nitrogens with one attached hydrogen (secondary N) is 1. The standard InChI is InChI=1S/C24H27FN2O4/c1-30-22-10-7-18(13-21(22)25)24(29)27-11-3-4-16(14-27)15-31-20-6-2-5-17(12-20)23(28)26-19-8-9-19/h2,5-7,10,12-13,16,19H,3-4,8-9,11,14-15H2,1H3,(H,26,28)/t16-/m1/s1. The van der Waals surface area contributed by atoms with Crippen molar-refractivity contribution in [3.63, 3.8) is 0 Å². The minimum Gasteiger partial charge on any atom is -0.494 e. The minimum atomic E-state index is -0.546. The van der Waals surface area contributed by atoms with Gasteiger partial charge in [0.15, 0.2) is 11.6 Å². The Morgan fingerprint density at radius 2 is 1.97 bits per heavy atom. The summed E-state index contributed by atoms with van der Waals surface area (Å²) in [5.74, 6) is 0.123. The van der Waals surface area contributed by atoms with E-state index in [9.17, 15) is 14.0 Å². The second-order valence-corrected chi connectivity index (χ2v) is 8.20. The van der Waals surface area contributed by atoms with Crippen molar-refractivity contribution >= 4 is 11.8 Å². The first kappa shape index (κ1) is 21.2. The monoisotopic (exact) mass is 426 g/mol. The number of halogens is 1. The van der Waals surface area contributed by atoms with Gasteiger partial charge in [-0.05, 0) is 62.1 Å². The first-order valence-electron chi connectivity index (χ1n) is 10.7. The Hall–Kier alpha value is -3.09. The van der Waals surface area contributed by atoms with E-state index in [-0.39, 0.29) is 23.5 Å². The van der Waals surface area contributed by atoms with Crippen molar-refractivity contribution < 1.29 is 23.5 Å². The molecule has 2 aromatic rings. The van der Waals surface area contributed by atoms with E-state index in [1.807, 2.05) is 12.1 Å². The molecule has 1 saturated heterocycles. The SMILES string of the molecule is COc1ccc(C(=O)N2CCC[C@@H](COc3cccc(C(=O)NC4CC4)c3)C2)cc1F. The van der Waals surface area contributed by atoms with Gasteiger partial charge in [0.05, 0.1) is 13.7 Å². The smallest absolute Gasteiger partial charge is 0.253 e. The molecule has 2 aromatic carbocycles. The number of nitrogens with zero attached hydrogens (tertiary/aromatic N) is 1. The van der Waals surface area contributed by atoms with Gasteiger partial charge in [-0.2, -0.15) is 0 Å². The van der Waals surface area contributed by atoms with Gasteiger partial charge in [-0.25, -0.2) is 4.39 Å². The number of hydrogen-bond acceptors (Lipinski definition) is 4. The Balaban J connectivity index is 1.33. The summed E-state index contributed by atoms with van der Waals surface area (Å²) in [7, 11) is 1.39. The molecule has 164 valence electrons. The average molecular weight is 426 g/mol. The number of carbonyl (C=O) groups excluding carboxylic acids is 2. The van der Waals surface area contributed by atoms with Gasteiger partial charge >= 0.3 is 0 Å². The average Bonchev–Trinajstić information content (AvgIpc) is 3.61. The lowest BCUT2D eigenvalue weighted by molar-refractivity contribution is 0.0632. The largest absolute Gasteiger partial charge is 0.494 e. The second-order valence-electron chi connectivity index (χ2n) is 8.20. The van der Waals surface area contributed by atoms with Gasteiger partial charge in [-0.15, -0.1) is 0 Å². The molecule has 0 bridgehead atoms. The van der Waals surface area contributed by atoms with Crippen LogP contribution in [0.1, 0.15) is 46.4 Å². The molecule has 1 N–H and O–H groups in total. The molecule has 1 aliphatic heterocycles. The van der Waals surface area contributed by atoms with Gasteiger partial charge in [0.1, 0.15) is 5.75 Å². The minimum absolute atomic E-state index is 0.0749. The summed E-state index contributed by atoms with van der Waals surface area (Å²) >= 11 is 0. The summed E-state index contributed by atoms with van der Waals surface area (Å²) in [4.78, 5) is 26.8. The van der Waals surface area contributed by atoms with Crippen LogP contribution < -0.4 is 14.8 Å². The molecule has 1 saturated carbocycles. The van der Waals surface area contributed by atoms with Crippen molar-refractivity contribution in [2.24, 2.45) is 5.92 Å². The van der Waals surface area contributed by atoms with E-state index in [4.69, 9.17) is 9.47 Å². The Kier molecular flexibility index (Phi) is 6.39. The molecule has 6 nitrogen and oxygen atoms in total. The van der Waals surface area contributed by atoms with E-state index in [0.717, 1.165) is 25.7 Å². The topological polar surface area (TPSA) is 67.9 Å². The van der Waals surface area contributed by atoms with E-state index in [1.54, 1.807) is 23.1 Å².